The third-order valence-corrected chi connectivity index (χ3v) is 4.68. The lowest BCUT2D eigenvalue weighted by molar-refractivity contribution is 0.233. The minimum Gasteiger partial charge on any atom is -0.396 e. The van der Waals surface area contributed by atoms with Crippen molar-refractivity contribution < 1.29 is 5.11 Å². The maximum atomic E-state index is 9.31. The van der Waals surface area contributed by atoms with Crippen molar-refractivity contribution in [2.75, 3.05) is 26.0 Å². The molecule has 2 N–H and O–H groups in total. The third-order valence-electron chi connectivity index (χ3n) is 3.94. The van der Waals surface area contributed by atoms with Crippen molar-refractivity contribution in [3.8, 4) is 0 Å². The smallest absolute Gasteiger partial charge is 0.0436 e. The fourth-order valence-corrected chi connectivity index (χ4v) is 3.32. The summed E-state index contributed by atoms with van der Waals surface area (Å²) in [5.74, 6) is 1.24. The largest absolute Gasteiger partial charge is 0.396 e. The van der Waals surface area contributed by atoms with Crippen LogP contribution >= 0.6 is 11.8 Å². The Hall–Kier alpha value is -0.510. The van der Waals surface area contributed by atoms with Crippen molar-refractivity contribution in [2.24, 2.45) is 5.92 Å². The lowest BCUT2D eigenvalue weighted by Crippen LogP contribution is -2.31. The van der Waals surface area contributed by atoms with Crippen LogP contribution in [0.3, 0.4) is 0 Å². The molecule has 1 fully saturated rings. The monoisotopic (exact) mass is 265 g/mol. The Morgan fingerprint density at radius 2 is 1.94 bits per heavy atom. The molecule has 0 saturated carbocycles. The van der Waals surface area contributed by atoms with Gasteiger partial charge in [-0.15, -0.1) is 11.8 Å². The van der Waals surface area contributed by atoms with Gasteiger partial charge in [0.1, 0.15) is 0 Å². The molecule has 0 bridgehead atoms. The van der Waals surface area contributed by atoms with Crippen molar-refractivity contribution in [1.82, 2.24) is 5.32 Å². The van der Waals surface area contributed by atoms with Gasteiger partial charge in [0.15, 0.2) is 0 Å². The molecule has 1 atom stereocenters. The number of rotatable bonds is 5. The van der Waals surface area contributed by atoms with Gasteiger partial charge in [0, 0.05) is 11.5 Å². The summed E-state index contributed by atoms with van der Waals surface area (Å²) in [4.78, 5) is 1.31. The van der Waals surface area contributed by atoms with Gasteiger partial charge < -0.3 is 10.4 Å². The molecular weight excluding hydrogens is 242 g/mol. The molecule has 18 heavy (non-hydrogen) atoms. The molecule has 3 heteroatoms. The molecule has 100 valence electrons. The van der Waals surface area contributed by atoms with Crippen molar-refractivity contribution in [2.45, 2.75) is 30.1 Å². The summed E-state index contributed by atoms with van der Waals surface area (Å²) in [5, 5.41) is 12.7. The van der Waals surface area contributed by atoms with Gasteiger partial charge >= 0.3 is 0 Å². The molecule has 1 saturated heterocycles. The highest BCUT2D eigenvalue weighted by molar-refractivity contribution is 7.98. The highest BCUT2D eigenvalue weighted by Gasteiger charge is 2.24. The van der Waals surface area contributed by atoms with E-state index in [-0.39, 0.29) is 0 Å². The van der Waals surface area contributed by atoms with E-state index in [1.165, 1.54) is 23.3 Å². The van der Waals surface area contributed by atoms with Crippen LogP contribution in [0.5, 0.6) is 0 Å². The van der Waals surface area contributed by atoms with E-state index in [1.54, 1.807) is 11.8 Å². The molecule has 1 aliphatic rings. The summed E-state index contributed by atoms with van der Waals surface area (Å²) in [6, 6.07) is 8.89. The second-order valence-corrected chi connectivity index (χ2v) is 5.86. The number of benzene rings is 1. The zero-order chi connectivity index (χ0) is 12.8. The molecule has 0 spiro atoms. The molecule has 2 nitrogen and oxygen atoms in total. The van der Waals surface area contributed by atoms with Crippen LogP contribution in [0.25, 0.3) is 0 Å². The number of hydrogen-bond acceptors (Lipinski definition) is 3. The molecule has 1 heterocycles. The fourth-order valence-electron chi connectivity index (χ4n) is 2.91. The van der Waals surface area contributed by atoms with Crippen LogP contribution in [0.15, 0.2) is 29.2 Å². The molecule has 0 aliphatic carbocycles. The van der Waals surface area contributed by atoms with Gasteiger partial charge in [-0.1, -0.05) is 12.1 Å². The highest BCUT2D eigenvalue weighted by Crippen LogP contribution is 2.34. The predicted octanol–water partition coefficient (Wildman–Crippen LogP) is 2.87. The van der Waals surface area contributed by atoms with Gasteiger partial charge in [-0.3, -0.25) is 0 Å². The number of aliphatic hydroxyl groups is 1. The van der Waals surface area contributed by atoms with Crippen LogP contribution in [-0.4, -0.2) is 31.1 Å². The van der Waals surface area contributed by atoms with Gasteiger partial charge in [0.2, 0.25) is 0 Å². The third kappa shape index (κ3) is 3.50. The maximum Gasteiger partial charge on any atom is 0.0436 e. The number of piperidine rings is 1. The minimum absolute atomic E-state index is 0.291. The van der Waals surface area contributed by atoms with Crippen molar-refractivity contribution in [3.63, 3.8) is 0 Å². The SMILES string of the molecule is CSc1ccc(C(CCO)C2CCNCC2)cc1. The second kappa shape index (κ2) is 7.17. The van der Waals surface area contributed by atoms with Crippen LogP contribution < -0.4 is 5.32 Å². The van der Waals surface area contributed by atoms with Crippen LogP contribution in [0.4, 0.5) is 0 Å². The highest BCUT2D eigenvalue weighted by atomic mass is 32.2. The van der Waals surface area contributed by atoms with Crippen LogP contribution in [0.2, 0.25) is 0 Å². The van der Waals surface area contributed by atoms with Gasteiger partial charge in [-0.25, -0.2) is 0 Å². The molecule has 1 aliphatic heterocycles. The molecule has 1 unspecified atom stereocenters. The van der Waals surface area contributed by atoms with E-state index < -0.39 is 0 Å². The first-order valence-electron chi connectivity index (χ1n) is 6.80. The van der Waals surface area contributed by atoms with Crippen LogP contribution in [0, 0.1) is 5.92 Å². The van der Waals surface area contributed by atoms with E-state index >= 15 is 0 Å². The first-order chi connectivity index (χ1) is 8.85. The van der Waals surface area contributed by atoms with E-state index in [0.717, 1.165) is 25.4 Å². The zero-order valence-electron chi connectivity index (χ0n) is 11.1. The lowest BCUT2D eigenvalue weighted by Gasteiger charge is -2.31. The molecule has 1 aromatic carbocycles. The average molecular weight is 265 g/mol. The Morgan fingerprint density at radius 1 is 1.28 bits per heavy atom. The molecule has 0 amide bonds. The van der Waals surface area contributed by atoms with Gasteiger partial charge in [-0.2, -0.15) is 0 Å². The Labute approximate surface area is 114 Å². The van der Waals surface area contributed by atoms with E-state index in [1.807, 2.05) is 0 Å². The first-order valence-corrected chi connectivity index (χ1v) is 8.03. The molecule has 1 aromatic rings. The summed E-state index contributed by atoms with van der Waals surface area (Å²) in [7, 11) is 0. The summed E-state index contributed by atoms with van der Waals surface area (Å²) < 4.78 is 0. The number of hydrogen-bond donors (Lipinski definition) is 2. The Morgan fingerprint density at radius 3 is 2.50 bits per heavy atom. The van der Waals surface area contributed by atoms with Gasteiger partial charge in [0.05, 0.1) is 0 Å². The average Bonchev–Trinajstić information content (AvgIpc) is 2.46. The standard InChI is InChI=1S/C15H23NOS/c1-18-14-4-2-12(3-5-14)15(8-11-17)13-6-9-16-10-7-13/h2-5,13,15-17H,6-11H2,1H3. The minimum atomic E-state index is 0.291. The van der Waals surface area contributed by atoms with Crippen molar-refractivity contribution in [1.29, 1.82) is 0 Å². The summed E-state index contributed by atoms with van der Waals surface area (Å²) in [6.45, 7) is 2.53. The topological polar surface area (TPSA) is 32.3 Å². The Kier molecular flexibility index (Phi) is 5.54. The second-order valence-electron chi connectivity index (χ2n) is 4.98. The quantitative estimate of drug-likeness (QED) is 0.803. The normalized spacial score (nSPS) is 18.8. The molecule has 2 rings (SSSR count). The molecule has 0 radical (unpaired) electrons. The summed E-state index contributed by atoms with van der Waals surface area (Å²) >= 11 is 1.78. The number of nitrogens with one attached hydrogen (secondary N) is 1. The van der Waals surface area contributed by atoms with Crippen LogP contribution in [-0.2, 0) is 0 Å². The summed E-state index contributed by atoms with van der Waals surface area (Å²) in [5.41, 5.74) is 1.40. The fraction of sp³-hybridized carbons (Fsp3) is 0.600. The van der Waals surface area contributed by atoms with Crippen molar-refractivity contribution in [3.05, 3.63) is 29.8 Å². The van der Waals surface area contributed by atoms with Crippen LogP contribution in [0.1, 0.15) is 30.7 Å². The van der Waals surface area contributed by atoms with Crippen molar-refractivity contribution >= 4 is 11.8 Å². The van der Waals surface area contributed by atoms with E-state index in [4.69, 9.17) is 0 Å². The molecular formula is C15H23NOS. The zero-order valence-corrected chi connectivity index (χ0v) is 11.9. The first kappa shape index (κ1) is 13.9. The van der Waals surface area contributed by atoms with E-state index in [0.29, 0.717) is 12.5 Å². The lowest BCUT2D eigenvalue weighted by atomic mass is 9.79. The van der Waals surface area contributed by atoms with Gasteiger partial charge in [0.25, 0.3) is 0 Å². The van der Waals surface area contributed by atoms with E-state index in [9.17, 15) is 5.11 Å². The van der Waals surface area contributed by atoms with Gasteiger partial charge in [-0.05, 0) is 68.1 Å². The van der Waals surface area contributed by atoms with E-state index in [2.05, 4.69) is 35.8 Å². The summed E-state index contributed by atoms with van der Waals surface area (Å²) in [6.07, 6.45) is 5.46. The Balaban J connectivity index is 2.11. The number of aliphatic hydroxyl groups excluding tert-OH is 1. The molecule has 0 aromatic heterocycles. The maximum absolute atomic E-state index is 9.31. The predicted molar refractivity (Wildman–Crippen MR) is 78.3 cm³/mol. The Bertz CT molecular complexity index is 346. The number of thioether (sulfide) groups is 1.